The third-order valence-electron chi connectivity index (χ3n) is 3.99. The fourth-order valence-electron chi connectivity index (χ4n) is 2.80. The van der Waals surface area contributed by atoms with Gasteiger partial charge in [-0.15, -0.1) is 0 Å². The van der Waals surface area contributed by atoms with Crippen molar-refractivity contribution in [2.75, 3.05) is 18.7 Å². The van der Waals surface area contributed by atoms with Crippen molar-refractivity contribution in [3.8, 4) is 11.5 Å². The zero-order valence-electron chi connectivity index (χ0n) is 13.0. The Kier molecular flexibility index (Phi) is 3.70. The van der Waals surface area contributed by atoms with Crippen LogP contribution in [0.3, 0.4) is 0 Å². The number of ether oxygens (including phenoxy) is 2. The highest BCUT2D eigenvalue weighted by molar-refractivity contribution is 5.89. The molecule has 0 atom stereocenters. The second-order valence-electron chi connectivity index (χ2n) is 5.56. The van der Waals surface area contributed by atoms with Crippen molar-refractivity contribution < 1.29 is 14.3 Å². The van der Waals surface area contributed by atoms with Crippen LogP contribution in [-0.4, -0.2) is 24.4 Å². The lowest BCUT2D eigenvalue weighted by Crippen LogP contribution is -2.30. The summed E-state index contributed by atoms with van der Waals surface area (Å²) in [5.74, 6) is 1.34. The molecule has 1 aliphatic heterocycles. The van der Waals surface area contributed by atoms with Crippen LogP contribution in [0.2, 0.25) is 0 Å². The van der Waals surface area contributed by atoms with E-state index in [-0.39, 0.29) is 12.8 Å². The van der Waals surface area contributed by atoms with Crippen molar-refractivity contribution in [2.45, 2.75) is 6.42 Å². The van der Waals surface area contributed by atoms with E-state index in [1.807, 2.05) is 24.4 Å². The predicted octanol–water partition coefficient (Wildman–Crippen LogP) is 3.26. The van der Waals surface area contributed by atoms with E-state index in [9.17, 15) is 4.79 Å². The standard InChI is InChI=1S/C18H17N3O3/c22-18(21-13-5-6-16-17(9-13)24-11-23-16)19-8-7-12-10-20-15-4-2-1-3-14(12)15/h1-6,9-10,20H,7-8,11H2,(H2,19,21,22). The van der Waals surface area contributed by atoms with Crippen molar-refractivity contribution in [1.29, 1.82) is 0 Å². The Balaban J connectivity index is 1.32. The molecular weight excluding hydrogens is 306 g/mol. The van der Waals surface area contributed by atoms with Crippen LogP contribution in [0.15, 0.2) is 48.7 Å². The molecule has 3 N–H and O–H groups in total. The molecule has 122 valence electrons. The Hall–Kier alpha value is -3.15. The SMILES string of the molecule is O=C(NCCc1c[nH]c2ccccc12)Nc1ccc2c(c1)OCO2. The van der Waals surface area contributed by atoms with Crippen LogP contribution >= 0.6 is 0 Å². The highest BCUT2D eigenvalue weighted by Gasteiger charge is 2.14. The second kappa shape index (κ2) is 6.16. The summed E-state index contributed by atoms with van der Waals surface area (Å²) in [6, 6.07) is 13.2. The highest BCUT2D eigenvalue weighted by atomic mass is 16.7. The number of carbonyl (C=O) groups excluding carboxylic acids is 1. The molecule has 4 rings (SSSR count). The van der Waals surface area contributed by atoms with Crippen LogP contribution < -0.4 is 20.1 Å². The molecule has 24 heavy (non-hydrogen) atoms. The summed E-state index contributed by atoms with van der Waals surface area (Å²) in [6.45, 7) is 0.772. The van der Waals surface area contributed by atoms with Crippen molar-refractivity contribution >= 4 is 22.6 Å². The molecule has 0 bridgehead atoms. The Bertz CT molecular complexity index is 888. The Labute approximate surface area is 138 Å². The molecule has 3 aromatic rings. The van der Waals surface area contributed by atoms with E-state index >= 15 is 0 Å². The number of hydrogen-bond acceptors (Lipinski definition) is 3. The van der Waals surface area contributed by atoms with E-state index in [1.165, 1.54) is 10.9 Å². The number of carbonyl (C=O) groups is 1. The third-order valence-corrected chi connectivity index (χ3v) is 3.99. The van der Waals surface area contributed by atoms with Crippen LogP contribution in [0.25, 0.3) is 10.9 Å². The van der Waals surface area contributed by atoms with E-state index in [0.717, 1.165) is 11.9 Å². The minimum absolute atomic E-state index is 0.218. The quantitative estimate of drug-likeness (QED) is 0.690. The molecule has 0 spiro atoms. The van der Waals surface area contributed by atoms with E-state index in [4.69, 9.17) is 9.47 Å². The molecule has 2 heterocycles. The maximum absolute atomic E-state index is 12.0. The number of aromatic nitrogens is 1. The maximum atomic E-state index is 12.0. The Morgan fingerprint density at radius 1 is 1.12 bits per heavy atom. The number of nitrogens with one attached hydrogen (secondary N) is 3. The molecule has 2 amide bonds. The molecule has 0 saturated carbocycles. The summed E-state index contributed by atoms with van der Waals surface area (Å²) in [5, 5.41) is 6.85. The number of fused-ring (bicyclic) bond motifs is 2. The van der Waals surface area contributed by atoms with Gasteiger partial charge >= 0.3 is 6.03 Å². The molecule has 0 radical (unpaired) electrons. The number of benzene rings is 2. The van der Waals surface area contributed by atoms with Gasteiger partial charge in [0.1, 0.15) is 0 Å². The number of urea groups is 1. The first-order valence-electron chi connectivity index (χ1n) is 7.79. The van der Waals surface area contributed by atoms with Crippen LogP contribution in [-0.2, 0) is 6.42 Å². The summed E-state index contributed by atoms with van der Waals surface area (Å²) in [7, 11) is 0. The fraction of sp³-hybridized carbons (Fsp3) is 0.167. The topological polar surface area (TPSA) is 75.4 Å². The molecule has 0 fully saturated rings. The Morgan fingerprint density at radius 2 is 2.00 bits per heavy atom. The van der Waals surface area contributed by atoms with Gasteiger partial charge in [0.2, 0.25) is 6.79 Å². The van der Waals surface area contributed by atoms with Gasteiger partial charge in [0.15, 0.2) is 11.5 Å². The zero-order valence-corrected chi connectivity index (χ0v) is 13.0. The lowest BCUT2D eigenvalue weighted by atomic mass is 10.1. The molecule has 1 aliphatic rings. The minimum Gasteiger partial charge on any atom is -0.454 e. The molecule has 2 aromatic carbocycles. The van der Waals surface area contributed by atoms with Crippen molar-refractivity contribution in [3.05, 3.63) is 54.2 Å². The molecular formula is C18H17N3O3. The van der Waals surface area contributed by atoms with Gasteiger partial charge in [0.05, 0.1) is 0 Å². The number of hydrogen-bond donors (Lipinski definition) is 3. The van der Waals surface area contributed by atoms with Crippen molar-refractivity contribution in [3.63, 3.8) is 0 Å². The summed E-state index contributed by atoms with van der Waals surface area (Å²) in [6.07, 6.45) is 2.75. The second-order valence-corrected chi connectivity index (χ2v) is 5.56. The van der Waals surface area contributed by atoms with Gasteiger partial charge in [-0.1, -0.05) is 18.2 Å². The number of anilines is 1. The molecule has 0 saturated heterocycles. The van der Waals surface area contributed by atoms with Gasteiger partial charge in [-0.3, -0.25) is 0 Å². The van der Waals surface area contributed by atoms with Crippen LogP contribution in [0, 0.1) is 0 Å². The molecule has 1 aromatic heterocycles. The van der Waals surface area contributed by atoms with Gasteiger partial charge in [-0.2, -0.15) is 0 Å². The van der Waals surface area contributed by atoms with Crippen LogP contribution in [0.5, 0.6) is 11.5 Å². The fourth-order valence-corrected chi connectivity index (χ4v) is 2.80. The molecule has 6 heteroatoms. The largest absolute Gasteiger partial charge is 0.454 e. The third kappa shape index (κ3) is 2.86. The van der Waals surface area contributed by atoms with Crippen LogP contribution in [0.1, 0.15) is 5.56 Å². The maximum Gasteiger partial charge on any atom is 0.319 e. The normalized spacial score (nSPS) is 12.3. The van der Waals surface area contributed by atoms with Gasteiger partial charge < -0.3 is 25.1 Å². The van der Waals surface area contributed by atoms with Crippen molar-refractivity contribution in [2.24, 2.45) is 0 Å². The van der Waals surface area contributed by atoms with E-state index in [2.05, 4.69) is 21.7 Å². The number of aromatic amines is 1. The monoisotopic (exact) mass is 323 g/mol. The number of para-hydroxylation sites is 1. The average Bonchev–Trinajstić information content (AvgIpc) is 3.21. The molecule has 0 unspecified atom stereocenters. The smallest absolute Gasteiger partial charge is 0.319 e. The first-order chi connectivity index (χ1) is 11.8. The molecule has 6 nitrogen and oxygen atoms in total. The van der Waals surface area contributed by atoms with E-state index in [0.29, 0.717) is 23.7 Å². The zero-order chi connectivity index (χ0) is 16.4. The van der Waals surface area contributed by atoms with E-state index < -0.39 is 0 Å². The van der Waals surface area contributed by atoms with Crippen molar-refractivity contribution in [1.82, 2.24) is 10.3 Å². The summed E-state index contributed by atoms with van der Waals surface area (Å²) >= 11 is 0. The highest BCUT2D eigenvalue weighted by Crippen LogP contribution is 2.34. The lowest BCUT2D eigenvalue weighted by Gasteiger charge is -2.08. The molecule has 0 aliphatic carbocycles. The Morgan fingerprint density at radius 3 is 2.96 bits per heavy atom. The summed E-state index contributed by atoms with van der Waals surface area (Å²) in [4.78, 5) is 15.2. The van der Waals surface area contributed by atoms with Gasteiger partial charge in [0.25, 0.3) is 0 Å². The lowest BCUT2D eigenvalue weighted by molar-refractivity contribution is 0.174. The minimum atomic E-state index is -0.242. The average molecular weight is 323 g/mol. The predicted molar refractivity (Wildman–Crippen MR) is 91.6 cm³/mol. The number of H-pyrrole nitrogens is 1. The van der Waals surface area contributed by atoms with Crippen LogP contribution in [0.4, 0.5) is 10.5 Å². The summed E-state index contributed by atoms with van der Waals surface area (Å²) < 4.78 is 10.5. The number of amides is 2. The van der Waals surface area contributed by atoms with E-state index in [1.54, 1.807) is 18.2 Å². The first kappa shape index (κ1) is 14.4. The summed E-state index contributed by atoms with van der Waals surface area (Å²) in [5.41, 5.74) is 2.97. The number of rotatable bonds is 4. The van der Waals surface area contributed by atoms with Gasteiger partial charge in [-0.05, 0) is 30.2 Å². The van der Waals surface area contributed by atoms with Gasteiger partial charge in [-0.25, -0.2) is 4.79 Å². The van der Waals surface area contributed by atoms with Gasteiger partial charge in [0, 0.05) is 35.4 Å². The first-order valence-corrected chi connectivity index (χ1v) is 7.79.